The van der Waals surface area contributed by atoms with E-state index in [1.165, 1.54) is 0 Å². The highest BCUT2D eigenvalue weighted by Gasteiger charge is 2.29. The number of hydrogen-bond donors (Lipinski definition) is 3. The number of carboxylic acid groups (broad SMARTS) is 1. The van der Waals surface area contributed by atoms with Crippen molar-refractivity contribution < 1.29 is 18.3 Å². The second-order valence-electron chi connectivity index (χ2n) is 5.31. The molecule has 1 atom stereocenters. The van der Waals surface area contributed by atoms with E-state index in [0.717, 1.165) is 5.56 Å². The molecule has 7 nitrogen and oxygen atoms in total. The van der Waals surface area contributed by atoms with Gasteiger partial charge >= 0.3 is 5.97 Å². The van der Waals surface area contributed by atoms with E-state index < -0.39 is 22.0 Å². The van der Waals surface area contributed by atoms with E-state index in [9.17, 15) is 13.2 Å². The number of rotatable bonds is 4. The second-order valence-corrected chi connectivity index (χ2v) is 6.93. The van der Waals surface area contributed by atoms with Crippen LogP contribution in [0.25, 0.3) is 0 Å². The van der Waals surface area contributed by atoms with Gasteiger partial charge in [-0.3, -0.25) is 0 Å². The van der Waals surface area contributed by atoms with Crippen molar-refractivity contribution in [2.45, 2.75) is 44.6 Å². The number of aliphatic carboxylic acids is 1. The Hall–Kier alpha value is -2.09. The van der Waals surface area contributed by atoms with Crippen LogP contribution in [0.1, 0.15) is 30.9 Å². The number of aliphatic imine (C=N–C) groups is 1. The van der Waals surface area contributed by atoms with E-state index in [2.05, 4.69) is 15.0 Å². The average molecular weight is 325 g/mol. The summed E-state index contributed by atoms with van der Waals surface area (Å²) in [4.78, 5) is 15.3. The zero-order valence-corrected chi connectivity index (χ0v) is 13.5. The molecule has 1 heterocycles. The van der Waals surface area contributed by atoms with Crippen molar-refractivity contribution in [3.05, 3.63) is 23.3 Å². The smallest absolute Gasteiger partial charge is 0.328 e. The molecule has 0 fully saturated rings. The summed E-state index contributed by atoms with van der Waals surface area (Å²) in [5.41, 5.74) is 1.94. The van der Waals surface area contributed by atoms with Gasteiger partial charge in [0.1, 0.15) is 4.90 Å². The van der Waals surface area contributed by atoms with Crippen LogP contribution in [0.2, 0.25) is 0 Å². The lowest BCUT2D eigenvalue weighted by molar-refractivity contribution is -0.138. The first-order valence-corrected chi connectivity index (χ1v) is 8.44. The van der Waals surface area contributed by atoms with Gasteiger partial charge in [0.05, 0.1) is 5.69 Å². The van der Waals surface area contributed by atoms with Crippen LogP contribution in [0.4, 0.5) is 5.69 Å². The predicted molar refractivity (Wildman–Crippen MR) is 83.6 cm³/mol. The number of guanidine groups is 1. The number of anilines is 1. The average Bonchev–Trinajstić information content (AvgIpc) is 2.35. The highest BCUT2D eigenvalue weighted by Crippen LogP contribution is 2.29. The fraction of sp³-hybridized carbons (Fsp3) is 0.429. The van der Waals surface area contributed by atoms with Gasteiger partial charge in [-0.05, 0) is 37.5 Å². The molecule has 1 unspecified atom stereocenters. The molecule has 3 N–H and O–H groups in total. The Balaban J connectivity index is 2.47. The molecule has 0 bridgehead atoms. The minimum atomic E-state index is -3.76. The highest BCUT2D eigenvalue weighted by molar-refractivity contribution is 7.90. The maximum absolute atomic E-state index is 12.3. The Kier molecular flexibility index (Phi) is 4.41. The summed E-state index contributed by atoms with van der Waals surface area (Å²) in [6, 6.07) is 2.49. The molecule has 0 saturated heterocycles. The molecule has 2 rings (SSSR count). The number of carboxylic acids is 1. The van der Waals surface area contributed by atoms with E-state index >= 15 is 0 Å². The molecule has 0 aromatic heterocycles. The van der Waals surface area contributed by atoms with Crippen LogP contribution in [-0.2, 0) is 14.8 Å². The first-order chi connectivity index (χ1) is 10.2. The van der Waals surface area contributed by atoms with Gasteiger partial charge in [0.2, 0.25) is 5.96 Å². The molecule has 0 radical (unpaired) electrons. The van der Waals surface area contributed by atoms with Crippen molar-refractivity contribution in [2.75, 3.05) is 5.32 Å². The summed E-state index contributed by atoms with van der Waals surface area (Å²) in [6.07, 6.45) is 0.969. The molecule has 22 heavy (non-hydrogen) atoms. The van der Waals surface area contributed by atoms with Gasteiger partial charge in [-0.25, -0.2) is 22.9 Å². The van der Waals surface area contributed by atoms with E-state index in [0.29, 0.717) is 24.1 Å². The zero-order chi connectivity index (χ0) is 16.5. The molecule has 0 aliphatic carbocycles. The number of carbonyl (C=O) groups is 1. The maximum atomic E-state index is 12.3. The van der Waals surface area contributed by atoms with Crippen molar-refractivity contribution in [3.8, 4) is 0 Å². The van der Waals surface area contributed by atoms with Crippen LogP contribution < -0.4 is 10.0 Å². The first-order valence-electron chi connectivity index (χ1n) is 6.96. The molecule has 1 aromatic carbocycles. The molecule has 1 aliphatic rings. The summed E-state index contributed by atoms with van der Waals surface area (Å²) >= 11 is 0. The van der Waals surface area contributed by atoms with Crippen LogP contribution in [-0.4, -0.2) is 31.5 Å². The standard InChI is InChI=1S/C14H19N3O4S/c1-4-5-10(13(18)19)15-14-16-11-7-8(2)6-9(3)12(11)22(20,21)17-14/h6-7,10H,4-5H2,1-3H3,(H,18,19)(H2,15,16,17). The van der Waals surface area contributed by atoms with Crippen molar-refractivity contribution in [1.82, 2.24) is 4.72 Å². The molecule has 1 aromatic rings. The first kappa shape index (κ1) is 16.3. The third-order valence-electron chi connectivity index (χ3n) is 3.30. The fourth-order valence-electron chi connectivity index (χ4n) is 2.47. The lowest BCUT2D eigenvalue weighted by Gasteiger charge is -2.24. The number of sulfonamides is 1. The zero-order valence-electron chi connectivity index (χ0n) is 12.7. The lowest BCUT2D eigenvalue weighted by atomic mass is 10.1. The number of nitrogens with zero attached hydrogens (tertiary/aromatic N) is 1. The van der Waals surface area contributed by atoms with Crippen LogP contribution >= 0.6 is 0 Å². The number of benzene rings is 1. The fourth-order valence-corrected chi connectivity index (χ4v) is 3.81. The number of fused-ring (bicyclic) bond motifs is 1. The number of hydrogen-bond acceptors (Lipinski definition) is 4. The van der Waals surface area contributed by atoms with E-state index in [1.54, 1.807) is 19.1 Å². The van der Waals surface area contributed by atoms with Gasteiger partial charge < -0.3 is 10.4 Å². The molecule has 0 spiro atoms. The van der Waals surface area contributed by atoms with E-state index in [-0.39, 0.29) is 10.9 Å². The van der Waals surface area contributed by atoms with Gasteiger partial charge in [-0.2, -0.15) is 0 Å². The van der Waals surface area contributed by atoms with Crippen LogP contribution in [0.15, 0.2) is 22.0 Å². The Labute approximate surface area is 129 Å². The monoisotopic (exact) mass is 325 g/mol. The summed E-state index contributed by atoms with van der Waals surface area (Å²) < 4.78 is 27.0. The third-order valence-corrected chi connectivity index (χ3v) is 4.85. The minimum absolute atomic E-state index is 0.0571. The van der Waals surface area contributed by atoms with Gasteiger partial charge in [0.25, 0.3) is 10.0 Å². The summed E-state index contributed by atoms with van der Waals surface area (Å²) in [6.45, 7) is 5.42. The quantitative estimate of drug-likeness (QED) is 0.779. The second kappa shape index (κ2) is 5.96. The molecular weight excluding hydrogens is 306 g/mol. The van der Waals surface area contributed by atoms with Crippen LogP contribution in [0, 0.1) is 13.8 Å². The maximum Gasteiger partial charge on any atom is 0.328 e. The topological polar surface area (TPSA) is 108 Å². The predicted octanol–water partition coefficient (Wildman–Crippen LogP) is 1.62. The van der Waals surface area contributed by atoms with Gasteiger partial charge in [0.15, 0.2) is 6.04 Å². The lowest BCUT2D eigenvalue weighted by Crippen LogP contribution is -2.42. The summed E-state index contributed by atoms with van der Waals surface area (Å²) in [5.74, 6) is -1.14. The Bertz CT molecular complexity index is 741. The molecule has 1 aliphatic heterocycles. The molecule has 120 valence electrons. The highest BCUT2D eigenvalue weighted by atomic mass is 32.2. The number of nitrogens with one attached hydrogen (secondary N) is 2. The van der Waals surface area contributed by atoms with Crippen molar-refractivity contribution in [3.63, 3.8) is 0 Å². The number of aryl methyl sites for hydroxylation is 2. The molecular formula is C14H19N3O4S. The van der Waals surface area contributed by atoms with E-state index in [4.69, 9.17) is 5.11 Å². The minimum Gasteiger partial charge on any atom is -0.480 e. The van der Waals surface area contributed by atoms with Crippen molar-refractivity contribution >= 4 is 27.6 Å². The normalized spacial score (nSPS) is 19.0. The van der Waals surface area contributed by atoms with Crippen LogP contribution in [0.5, 0.6) is 0 Å². The third kappa shape index (κ3) is 3.22. The van der Waals surface area contributed by atoms with Gasteiger partial charge in [0, 0.05) is 0 Å². The van der Waals surface area contributed by atoms with Crippen molar-refractivity contribution in [1.29, 1.82) is 0 Å². The van der Waals surface area contributed by atoms with Crippen molar-refractivity contribution in [2.24, 2.45) is 4.99 Å². The Morgan fingerprint density at radius 2 is 2.05 bits per heavy atom. The molecule has 0 amide bonds. The largest absolute Gasteiger partial charge is 0.480 e. The van der Waals surface area contributed by atoms with Crippen LogP contribution in [0.3, 0.4) is 0 Å². The Morgan fingerprint density at radius 1 is 1.36 bits per heavy atom. The summed E-state index contributed by atoms with van der Waals surface area (Å²) in [7, 11) is -3.76. The summed E-state index contributed by atoms with van der Waals surface area (Å²) in [5, 5.41) is 12.0. The molecule has 0 saturated carbocycles. The van der Waals surface area contributed by atoms with Gasteiger partial charge in [-0.1, -0.05) is 19.4 Å². The Morgan fingerprint density at radius 3 is 2.64 bits per heavy atom. The SMILES string of the molecule is CCCC(N=C1Nc2cc(C)cc(C)c2S(=O)(=O)N1)C(=O)O. The molecule has 8 heteroatoms. The van der Waals surface area contributed by atoms with E-state index in [1.807, 2.05) is 13.8 Å². The van der Waals surface area contributed by atoms with Gasteiger partial charge in [-0.15, -0.1) is 0 Å².